The third-order valence-electron chi connectivity index (χ3n) is 3.37. The van der Waals surface area contributed by atoms with Crippen molar-refractivity contribution in [1.82, 2.24) is 10.2 Å². The molecule has 1 fully saturated rings. The molecule has 1 amide bonds. The maximum absolute atomic E-state index is 12.1. The number of hydrogen-bond acceptors (Lipinski definition) is 3. The molecule has 0 bridgehead atoms. The van der Waals surface area contributed by atoms with Crippen LogP contribution in [-0.2, 0) is 9.53 Å². The highest BCUT2D eigenvalue weighted by molar-refractivity contribution is 5.78. The average Bonchev–Trinajstić information content (AvgIpc) is 2.36. The number of carbonyl (C=O) groups is 1. The molecule has 4 heteroatoms. The Kier molecular flexibility index (Phi) is 6.52. The van der Waals surface area contributed by atoms with Crippen LogP contribution >= 0.6 is 0 Å². The van der Waals surface area contributed by atoms with E-state index in [-0.39, 0.29) is 11.8 Å². The standard InChI is InChI=1S/C13H26N2O2/c1-4-14-9-11(2)13(16)15(3)10-12-5-7-17-8-6-12/h11-12,14H,4-10H2,1-3H3. The molecule has 1 atom stereocenters. The van der Waals surface area contributed by atoms with Crippen molar-refractivity contribution in [2.45, 2.75) is 26.7 Å². The Bertz CT molecular complexity index is 227. The first-order valence-electron chi connectivity index (χ1n) is 6.68. The van der Waals surface area contributed by atoms with Crippen molar-refractivity contribution in [3.63, 3.8) is 0 Å². The van der Waals surface area contributed by atoms with Gasteiger partial charge in [0.1, 0.15) is 0 Å². The number of nitrogens with one attached hydrogen (secondary N) is 1. The summed E-state index contributed by atoms with van der Waals surface area (Å²) >= 11 is 0. The lowest BCUT2D eigenvalue weighted by Gasteiger charge is -2.28. The van der Waals surface area contributed by atoms with E-state index in [0.29, 0.717) is 5.92 Å². The molecule has 0 aliphatic carbocycles. The van der Waals surface area contributed by atoms with Gasteiger partial charge >= 0.3 is 0 Å². The zero-order chi connectivity index (χ0) is 12.7. The first-order chi connectivity index (χ1) is 8.15. The topological polar surface area (TPSA) is 41.6 Å². The Morgan fingerprint density at radius 3 is 2.71 bits per heavy atom. The smallest absolute Gasteiger partial charge is 0.226 e. The van der Waals surface area contributed by atoms with Gasteiger partial charge < -0.3 is 15.0 Å². The van der Waals surface area contributed by atoms with E-state index < -0.39 is 0 Å². The third-order valence-corrected chi connectivity index (χ3v) is 3.37. The molecule has 100 valence electrons. The zero-order valence-corrected chi connectivity index (χ0v) is 11.4. The van der Waals surface area contributed by atoms with Gasteiger partial charge in [0.05, 0.1) is 0 Å². The predicted octanol–water partition coefficient (Wildman–Crippen LogP) is 1.12. The van der Waals surface area contributed by atoms with Crippen molar-refractivity contribution in [3.05, 3.63) is 0 Å². The van der Waals surface area contributed by atoms with Gasteiger partial charge in [-0.15, -0.1) is 0 Å². The number of ether oxygens (including phenoxy) is 1. The third kappa shape index (κ3) is 5.04. The summed E-state index contributed by atoms with van der Waals surface area (Å²) in [6, 6.07) is 0. The monoisotopic (exact) mass is 242 g/mol. The summed E-state index contributed by atoms with van der Waals surface area (Å²) < 4.78 is 5.33. The van der Waals surface area contributed by atoms with E-state index in [9.17, 15) is 4.79 Å². The highest BCUT2D eigenvalue weighted by Crippen LogP contribution is 2.16. The van der Waals surface area contributed by atoms with Crippen LogP contribution in [-0.4, -0.2) is 50.7 Å². The quantitative estimate of drug-likeness (QED) is 0.759. The van der Waals surface area contributed by atoms with Crippen molar-refractivity contribution in [3.8, 4) is 0 Å². The lowest BCUT2D eigenvalue weighted by atomic mass is 9.99. The number of hydrogen-bond donors (Lipinski definition) is 1. The molecule has 4 nitrogen and oxygen atoms in total. The van der Waals surface area contributed by atoms with Crippen LogP contribution < -0.4 is 5.32 Å². The highest BCUT2D eigenvalue weighted by Gasteiger charge is 2.21. The summed E-state index contributed by atoms with van der Waals surface area (Å²) in [5, 5.41) is 3.22. The van der Waals surface area contributed by atoms with Crippen LogP contribution in [0.1, 0.15) is 26.7 Å². The summed E-state index contributed by atoms with van der Waals surface area (Å²) in [5.41, 5.74) is 0. The molecule has 1 aliphatic heterocycles. The number of nitrogens with zero attached hydrogens (tertiary/aromatic N) is 1. The molecule has 1 aliphatic rings. The molecule has 0 spiro atoms. The van der Waals surface area contributed by atoms with Crippen molar-refractivity contribution in [2.75, 3.05) is 39.9 Å². The lowest BCUT2D eigenvalue weighted by molar-refractivity contribution is -0.134. The molecule has 1 unspecified atom stereocenters. The fraction of sp³-hybridized carbons (Fsp3) is 0.923. The van der Waals surface area contributed by atoms with Crippen molar-refractivity contribution in [2.24, 2.45) is 11.8 Å². The molecule has 0 aromatic carbocycles. The van der Waals surface area contributed by atoms with E-state index in [1.165, 1.54) is 0 Å². The first kappa shape index (κ1) is 14.5. The maximum Gasteiger partial charge on any atom is 0.226 e. The van der Waals surface area contributed by atoms with Crippen LogP contribution in [0.4, 0.5) is 0 Å². The van der Waals surface area contributed by atoms with E-state index >= 15 is 0 Å². The first-order valence-corrected chi connectivity index (χ1v) is 6.68. The summed E-state index contributed by atoms with van der Waals surface area (Å²) in [4.78, 5) is 14.0. The predicted molar refractivity (Wildman–Crippen MR) is 68.9 cm³/mol. The molecule has 0 radical (unpaired) electrons. The van der Waals surface area contributed by atoms with E-state index in [1.807, 2.05) is 18.9 Å². The van der Waals surface area contributed by atoms with Crippen LogP contribution in [0.2, 0.25) is 0 Å². The van der Waals surface area contributed by atoms with Gasteiger partial charge in [0, 0.05) is 39.3 Å². The number of amides is 1. The minimum absolute atomic E-state index is 0.0693. The van der Waals surface area contributed by atoms with E-state index in [2.05, 4.69) is 12.2 Å². The summed E-state index contributed by atoms with van der Waals surface area (Å²) in [7, 11) is 1.92. The molecule has 17 heavy (non-hydrogen) atoms. The Labute approximate surface area is 105 Å². The molecule has 0 aromatic heterocycles. The van der Waals surface area contributed by atoms with Crippen LogP contribution in [0.25, 0.3) is 0 Å². The van der Waals surface area contributed by atoms with Gasteiger partial charge in [-0.05, 0) is 25.3 Å². The summed E-state index contributed by atoms with van der Waals surface area (Å²) in [5.74, 6) is 0.932. The molecular formula is C13H26N2O2. The average molecular weight is 242 g/mol. The molecule has 0 saturated carbocycles. The van der Waals surface area contributed by atoms with Crippen LogP contribution in [0.15, 0.2) is 0 Å². The Morgan fingerprint density at radius 1 is 1.47 bits per heavy atom. The van der Waals surface area contributed by atoms with E-state index in [1.54, 1.807) is 0 Å². The Morgan fingerprint density at radius 2 is 2.12 bits per heavy atom. The molecular weight excluding hydrogens is 216 g/mol. The number of carbonyl (C=O) groups excluding carboxylic acids is 1. The van der Waals surface area contributed by atoms with Gasteiger partial charge in [0.2, 0.25) is 5.91 Å². The van der Waals surface area contributed by atoms with E-state index in [0.717, 1.165) is 45.7 Å². The number of rotatable bonds is 6. The van der Waals surface area contributed by atoms with Gasteiger partial charge in [-0.2, -0.15) is 0 Å². The minimum atomic E-state index is 0.0693. The second-order valence-electron chi connectivity index (χ2n) is 4.98. The fourth-order valence-electron chi connectivity index (χ4n) is 2.23. The summed E-state index contributed by atoms with van der Waals surface area (Å²) in [6.07, 6.45) is 2.17. The maximum atomic E-state index is 12.1. The van der Waals surface area contributed by atoms with Crippen molar-refractivity contribution < 1.29 is 9.53 Å². The largest absolute Gasteiger partial charge is 0.381 e. The lowest BCUT2D eigenvalue weighted by Crippen LogP contribution is -2.40. The zero-order valence-electron chi connectivity index (χ0n) is 11.4. The highest BCUT2D eigenvalue weighted by atomic mass is 16.5. The van der Waals surface area contributed by atoms with Gasteiger partial charge in [0.15, 0.2) is 0 Å². The van der Waals surface area contributed by atoms with Gasteiger partial charge in [-0.3, -0.25) is 4.79 Å². The second kappa shape index (κ2) is 7.67. The van der Waals surface area contributed by atoms with Gasteiger partial charge in [0.25, 0.3) is 0 Å². The Balaban J connectivity index is 2.29. The molecule has 1 rings (SSSR count). The Hall–Kier alpha value is -0.610. The normalized spacial score (nSPS) is 19.0. The van der Waals surface area contributed by atoms with Gasteiger partial charge in [-0.25, -0.2) is 0 Å². The molecule has 0 aromatic rings. The molecule has 1 heterocycles. The van der Waals surface area contributed by atoms with Crippen LogP contribution in [0, 0.1) is 11.8 Å². The molecule has 1 N–H and O–H groups in total. The molecule has 1 saturated heterocycles. The SMILES string of the molecule is CCNCC(C)C(=O)N(C)CC1CCOCC1. The fourth-order valence-corrected chi connectivity index (χ4v) is 2.23. The van der Waals surface area contributed by atoms with Crippen molar-refractivity contribution >= 4 is 5.91 Å². The van der Waals surface area contributed by atoms with Gasteiger partial charge in [-0.1, -0.05) is 13.8 Å². The van der Waals surface area contributed by atoms with E-state index in [4.69, 9.17) is 4.74 Å². The van der Waals surface area contributed by atoms with Crippen molar-refractivity contribution in [1.29, 1.82) is 0 Å². The van der Waals surface area contributed by atoms with Crippen LogP contribution in [0.5, 0.6) is 0 Å². The minimum Gasteiger partial charge on any atom is -0.381 e. The van der Waals surface area contributed by atoms with Crippen LogP contribution in [0.3, 0.4) is 0 Å². The second-order valence-corrected chi connectivity index (χ2v) is 4.98. The summed E-state index contributed by atoms with van der Waals surface area (Å²) in [6.45, 7) is 8.31.